The third kappa shape index (κ3) is 9.54. The fourth-order valence-corrected chi connectivity index (χ4v) is 7.69. The predicted octanol–water partition coefficient (Wildman–Crippen LogP) is 7.66. The van der Waals surface area contributed by atoms with E-state index < -0.39 is 6.04 Å². The molecule has 1 aliphatic rings. The van der Waals surface area contributed by atoms with E-state index >= 15 is 0 Å². The maximum atomic E-state index is 13.5. The zero-order chi connectivity index (χ0) is 33.2. The smallest absolute Gasteiger partial charge is 0.252 e. The summed E-state index contributed by atoms with van der Waals surface area (Å²) in [5.41, 5.74) is 3.85. The Morgan fingerprint density at radius 2 is 1.77 bits per heavy atom. The molecule has 0 saturated carbocycles. The predicted molar refractivity (Wildman–Crippen MR) is 194 cm³/mol. The summed E-state index contributed by atoms with van der Waals surface area (Å²) in [7, 11) is 0. The molecule has 4 aromatic rings. The van der Waals surface area contributed by atoms with Gasteiger partial charge in [-0.1, -0.05) is 64.1 Å². The third-order valence-corrected chi connectivity index (χ3v) is 10.5. The lowest BCUT2D eigenvalue weighted by molar-refractivity contribution is -0.123. The standard InChI is InChI=1S/C39H53N5O2S/c1-5-32(6-2)44-36-16-15-31(26-34(36)41-37(44)27-33-14-10-23-47-33)38(45)42-35(24-28(3)4)39(46)40-19-11-20-43-21-17-30(18-22-43)25-29-12-8-7-9-13-29/h7-10,12-16,23,26,28,30,32,35H,5-6,11,17-22,24-25,27H2,1-4H3,(H,40,46)(H,42,45)/t35-/m0/s1. The molecule has 0 aliphatic carbocycles. The average Bonchev–Trinajstić information content (AvgIpc) is 3.72. The van der Waals surface area contributed by atoms with E-state index in [1.165, 1.54) is 29.7 Å². The first-order chi connectivity index (χ1) is 22.8. The van der Waals surface area contributed by atoms with Crippen LogP contribution in [-0.4, -0.2) is 58.5 Å². The van der Waals surface area contributed by atoms with Gasteiger partial charge in [0.25, 0.3) is 5.91 Å². The van der Waals surface area contributed by atoms with Crippen molar-refractivity contribution in [1.82, 2.24) is 25.1 Å². The molecule has 2 N–H and O–H groups in total. The van der Waals surface area contributed by atoms with Gasteiger partial charge in [-0.2, -0.15) is 0 Å². The summed E-state index contributed by atoms with van der Waals surface area (Å²) in [5.74, 6) is 1.71. The highest BCUT2D eigenvalue weighted by Gasteiger charge is 2.24. The van der Waals surface area contributed by atoms with E-state index in [4.69, 9.17) is 4.98 Å². The minimum atomic E-state index is -0.580. The van der Waals surface area contributed by atoms with Crippen LogP contribution in [0.5, 0.6) is 0 Å². The Morgan fingerprint density at radius 1 is 1.00 bits per heavy atom. The van der Waals surface area contributed by atoms with Crippen LogP contribution in [0.15, 0.2) is 66.0 Å². The molecule has 5 rings (SSSR count). The molecule has 252 valence electrons. The lowest BCUT2D eigenvalue weighted by Crippen LogP contribution is -2.48. The van der Waals surface area contributed by atoms with Crippen molar-refractivity contribution in [2.45, 2.75) is 91.1 Å². The molecule has 8 heteroatoms. The SMILES string of the molecule is CCC(CC)n1c(Cc2cccs2)nc2cc(C(=O)N[C@@H](CC(C)C)C(=O)NCCCN3CCC(Cc4ccccc4)CC3)ccc21. The maximum absolute atomic E-state index is 13.5. The lowest BCUT2D eigenvalue weighted by atomic mass is 9.90. The van der Waals surface area contributed by atoms with Gasteiger partial charge >= 0.3 is 0 Å². The zero-order valence-electron chi connectivity index (χ0n) is 28.7. The van der Waals surface area contributed by atoms with Crippen LogP contribution < -0.4 is 10.6 Å². The number of piperidine rings is 1. The number of carbonyl (C=O) groups is 2. The number of benzene rings is 2. The van der Waals surface area contributed by atoms with Gasteiger partial charge in [0.15, 0.2) is 0 Å². The van der Waals surface area contributed by atoms with Crippen molar-refractivity contribution in [2.75, 3.05) is 26.2 Å². The summed E-state index contributed by atoms with van der Waals surface area (Å²) < 4.78 is 2.36. The molecule has 3 heterocycles. The largest absolute Gasteiger partial charge is 0.354 e. The van der Waals surface area contributed by atoms with Crippen LogP contribution in [0, 0.1) is 11.8 Å². The second-order valence-corrected chi connectivity index (χ2v) is 14.6. The highest BCUT2D eigenvalue weighted by atomic mass is 32.1. The summed E-state index contributed by atoms with van der Waals surface area (Å²) in [6.45, 7) is 12.4. The van der Waals surface area contributed by atoms with E-state index in [9.17, 15) is 9.59 Å². The van der Waals surface area contributed by atoms with E-state index in [0.29, 0.717) is 24.6 Å². The molecule has 0 spiro atoms. The number of hydrogen-bond acceptors (Lipinski definition) is 5. The van der Waals surface area contributed by atoms with E-state index in [2.05, 4.69) is 95.6 Å². The van der Waals surface area contributed by atoms with Crippen molar-refractivity contribution in [3.05, 3.63) is 87.9 Å². The molecule has 1 atom stereocenters. The Bertz CT molecular complexity index is 1550. The first-order valence-corrected chi connectivity index (χ1v) is 18.6. The third-order valence-electron chi connectivity index (χ3n) is 9.60. The number of rotatable bonds is 16. The highest BCUT2D eigenvalue weighted by molar-refractivity contribution is 7.09. The molecule has 1 fully saturated rings. The molecule has 2 aromatic carbocycles. The molecule has 1 aliphatic heterocycles. The van der Waals surface area contributed by atoms with Crippen LogP contribution in [0.3, 0.4) is 0 Å². The van der Waals surface area contributed by atoms with Crippen LogP contribution >= 0.6 is 11.3 Å². The van der Waals surface area contributed by atoms with Crippen molar-refractivity contribution in [3.63, 3.8) is 0 Å². The van der Waals surface area contributed by atoms with Gasteiger partial charge in [-0.25, -0.2) is 4.98 Å². The summed E-state index contributed by atoms with van der Waals surface area (Å²) in [6.07, 6.45) is 7.91. The number of amides is 2. The summed E-state index contributed by atoms with van der Waals surface area (Å²) >= 11 is 1.74. The summed E-state index contributed by atoms with van der Waals surface area (Å²) in [6, 6.07) is 20.6. The van der Waals surface area contributed by atoms with Crippen molar-refractivity contribution < 1.29 is 9.59 Å². The van der Waals surface area contributed by atoms with Gasteiger partial charge in [0.1, 0.15) is 11.9 Å². The number of hydrogen-bond donors (Lipinski definition) is 2. The molecule has 47 heavy (non-hydrogen) atoms. The number of fused-ring (bicyclic) bond motifs is 1. The number of likely N-dealkylation sites (tertiary alicyclic amines) is 1. The van der Waals surface area contributed by atoms with Crippen LogP contribution in [0.4, 0.5) is 0 Å². The number of aromatic nitrogens is 2. The van der Waals surface area contributed by atoms with Crippen molar-refractivity contribution in [3.8, 4) is 0 Å². The summed E-state index contributed by atoms with van der Waals surface area (Å²) in [5, 5.41) is 8.27. The van der Waals surface area contributed by atoms with E-state index in [1.54, 1.807) is 11.3 Å². The fourth-order valence-electron chi connectivity index (χ4n) is 6.99. The zero-order valence-corrected chi connectivity index (χ0v) is 29.5. The number of nitrogens with zero attached hydrogens (tertiary/aromatic N) is 3. The summed E-state index contributed by atoms with van der Waals surface area (Å²) in [4.78, 5) is 35.7. The van der Waals surface area contributed by atoms with Gasteiger partial charge in [-0.3, -0.25) is 9.59 Å². The molecule has 2 aromatic heterocycles. The molecule has 0 radical (unpaired) electrons. The lowest BCUT2D eigenvalue weighted by Gasteiger charge is -2.32. The monoisotopic (exact) mass is 655 g/mol. The van der Waals surface area contributed by atoms with Gasteiger partial charge in [0.2, 0.25) is 5.91 Å². The molecule has 2 amide bonds. The van der Waals surface area contributed by atoms with Crippen LogP contribution in [0.2, 0.25) is 0 Å². The van der Waals surface area contributed by atoms with Gasteiger partial charge in [0, 0.05) is 29.4 Å². The quantitative estimate of drug-likeness (QED) is 0.122. The Balaban J connectivity index is 1.15. The van der Waals surface area contributed by atoms with Crippen molar-refractivity contribution >= 4 is 34.2 Å². The van der Waals surface area contributed by atoms with Gasteiger partial charge in [-0.05, 0) is 112 Å². The van der Waals surface area contributed by atoms with Gasteiger partial charge in [0.05, 0.1) is 11.0 Å². The topological polar surface area (TPSA) is 79.3 Å². The van der Waals surface area contributed by atoms with Gasteiger partial charge in [-0.15, -0.1) is 11.3 Å². The Labute approximate surface area is 285 Å². The number of thiophene rings is 1. The number of nitrogens with one attached hydrogen (secondary N) is 2. The normalized spacial score (nSPS) is 15.0. The minimum absolute atomic E-state index is 0.106. The second-order valence-electron chi connectivity index (χ2n) is 13.6. The first-order valence-electron chi connectivity index (χ1n) is 17.7. The van der Waals surface area contributed by atoms with Crippen molar-refractivity contribution in [2.24, 2.45) is 11.8 Å². The number of carbonyl (C=O) groups excluding carboxylic acids is 2. The second kappa shape index (κ2) is 17.1. The van der Waals surface area contributed by atoms with E-state index in [1.807, 2.05) is 18.2 Å². The first kappa shape index (κ1) is 34.8. The molecule has 1 saturated heterocycles. The molecule has 7 nitrogen and oxygen atoms in total. The fraction of sp³-hybridized carbons (Fsp3) is 0.513. The van der Waals surface area contributed by atoms with Crippen molar-refractivity contribution in [1.29, 1.82) is 0 Å². The minimum Gasteiger partial charge on any atom is -0.354 e. The average molecular weight is 656 g/mol. The molecule has 0 unspecified atom stereocenters. The number of imidazole rings is 1. The van der Waals surface area contributed by atoms with Crippen LogP contribution in [0.1, 0.15) is 98.9 Å². The van der Waals surface area contributed by atoms with Crippen LogP contribution in [0.25, 0.3) is 11.0 Å². The molecular formula is C39H53N5O2S. The highest BCUT2D eigenvalue weighted by Crippen LogP contribution is 2.29. The Hall–Kier alpha value is -3.49. The van der Waals surface area contributed by atoms with E-state index in [-0.39, 0.29) is 17.7 Å². The maximum Gasteiger partial charge on any atom is 0.252 e. The van der Waals surface area contributed by atoms with Gasteiger partial charge < -0.3 is 20.1 Å². The Kier molecular flexibility index (Phi) is 12.6. The Morgan fingerprint density at radius 3 is 2.45 bits per heavy atom. The molecule has 0 bridgehead atoms. The molecular weight excluding hydrogens is 603 g/mol. The van der Waals surface area contributed by atoms with E-state index in [0.717, 1.165) is 68.1 Å². The van der Waals surface area contributed by atoms with Crippen LogP contribution in [-0.2, 0) is 17.6 Å².